The normalized spacial score (nSPS) is 14.2. The van der Waals surface area contributed by atoms with Crippen molar-refractivity contribution in [1.82, 2.24) is 0 Å². The first-order valence-electron chi connectivity index (χ1n) is 9.58. The quantitative estimate of drug-likeness (QED) is 0.348. The van der Waals surface area contributed by atoms with Crippen molar-refractivity contribution < 1.29 is 23.8 Å². The number of carbonyl (C=O) groups excluding carboxylic acids is 2. The summed E-state index contributed by atoms with van der Waals surface area (Å²) in [6.07, 6.45) is 1.59. The number of benzene rings is 3. The van der Waals surface area contributed by atoms with Crippen LogP contribution in [-0.4, -0.2) is 24.9 Å². The number of hydrogen-bond donors (Lipinski definition) is 0. The minimum Gasteiger partial charge on any atom is -0.493 e. The lowest BCUT2D eigenvalue weighted by atomic mass is 10.1. The van der Waals surface area contributed by atoms with Crippen molar-refractivity contribution in [1.29, 1.82) is 0 Å². The highest BCUT2D eigenvalue weighted by Gasteiger charge is 2.24. The van der Waals surface area contributed by atoms with Crippen molar-refractivity contribution in [3.05, 3.63) is 101 Å². The van der Waals surface area contributed by atoms with Gasteiger partial charge in [-0.1, -0.05) is 42.0 Å². The third-order valence-electron chi connectivity index (χ3n) is 4.62. The van der Waals surface area contributed by atoms with Gasteiger partial charge in [0, 0.05) is 5.56 Å². The summed E-state index contributed by atoms with van der Waals surface area (Å²) in [5, 5.41) is 0. The predicted molar refractivity (Wildman–Crippen MR) is 116 cm³/mol. The van der Waals surface area contributed by atoms with Gasteiger partial charge in [0.05, 0.1) is 12.7 Å². The summed E-state index contributed by atoms with van der Waals surface area (Å²) >= 11 is 0. The van der Waals surface area contributed by atoms with E-state index in [2.05, 4.69) is 4.99 Å². The first-order chi connectivity index (χ1) is 15.0. The van der Waals surface area contributed by atoms with Crippen molar-refractivity contribution >= 4 is 23.9 Å². The molecule has 0 aliphatic carbocycles. The van der Waals surface area contributed by atoms with Crippen molar-refractivity contribution in [2.24, 2.45) is 4.99 Å². The van der Waals surface area contributed by atoms with Gasteiger partial charge in [-0.15, -0.1) is 0 Å². The van der Waals surface area contributed by atoms with Gasteiger partial charge >= 0.3 is 11.9 Å². The van der Waals surface area contributed by atoms with Gasteiger partial charge in [-0.25, -0.2) is 14.6 Å². The molecule has 6 heteroatoms. The Morgan fingerprint density at radius 1 is 0.968 bits per heavy atom. The van der Waals surface area contributed by atoms with Gasteiger partial charge in [0.1, 0.15) is 0 Å². The zero-order valence-electron chi connectivity index (χ0n) is 17.0. The molecule has 31 heavy (non-hydrogen) atoms. The first kappa shape index (κ1) is 20.1. The summed E-state index contributed by atoms with van der Waals surface area (Å²) in [6.45, 7) is 1.98. The largest absolute Gasteiger partial charge is 0.493 e. The predicted octanol–water partition coefficient (Wildman–Crippen LogP) is 4.57. The summed E-state index contributed by atoms with van der Waals surface area (Å²) in [5.41, 5.74) is 3.08. The highest BCUT2D eigenvalue weighted by Crippen LogP contribution is 2.30. The number of ether oxygens (including phenoxy) is 3. The van der Waals surface area contributed by atoms with Crippen LogP contribution in [0, 0.1) is 6.92 Å². The van der Waals surface area contributed by atoms with E-state index in [4.69, 9.17) is 14.2 Å². The number of aryl methyl sites for hydroxylation is 1. The van der Waals surface area contributed by atoms with Gasteiger partial charge in [-0.05, 0) is 55.0 Å². The summed E-state index contributed by atoms with van der Waals surface area (Å²) in [4.78, 5) is 28.9. The molecule has 0 amide bonds. The summed E-state index contributed by atoms with van der Waals surface area (Å²) in [6, 6.07) is 21.2. The average molecular weight is 413 g/mol. The van der Waals surface area contributed by atoms with E-state index in [1.165, 1.54) is 7.11 Å². The lowest BCUT2D eigenvalue weighted by Gasteiger charge is -2.10. The average Bonchev–Trinajstić information content (AvgIpc) is 3.15. The van der Waals surface area contributed by atoms with Crippen LogP contribution in [0.2, 0.25) is 0 Å². The van der Waals surface area contributed by atoms with Gasteiger partial charge in [-0.2, -0.15) is 0 Å². The van der Waals surface area contributed by atoms with Crippen molar-refractivity contribution in [3.8, 4) is 11.5 Å². The molecule has 0 saturated heterocycles. The van der Waals surface area contributed by atoms with Gasteiger partial charge < -0.3 is 14.2 Å². The Labute approximate surface area is 179 Å². The molecule has 6 nitrogen and oxygen atoms in total. The molecule has 1 heterocycles. The van der Waals surface area contributed by atoms with Crippen LogP contribution in [0.4, 0.5) is 0 Å². The SMILES string of the molecule is COc1cc(/C=C2\N=C(c3ccc(C)cc3)OC2=O)ccc1OC(=O)c1ccccc1. The molecule has 0 spiro atoms. The number of aliphatic imine (C=N–C) groups is 1. The van der Waals surface area contributed by atoms with E-state index in [1.807, 2.05) is 37.3 Å². The van der Waals surface area contributed by atoms with Crippen LogP contribution in [-0.2, 0) is 9.53 Å². The number of cyclic esters (lactones) is 1. The summed E-state index contributed by atoms with van der Waals surface area (Å²) < 4.78 is 16.1. The lowest BCUT2D eigenvalue weighted by molar-refractivity contribution is -0.129. The van der Waals surface area contributed by atoms with Gasteiger partial charge in [0.2, 0.25) is 5.90 Å². The number of methoxy groups -OCH3 is 1. The molecule has 1 aliphatic rings. The molecular weight excluding hydrogens is 394 g/mol. The van der Waals surface area contributed by atoms with E-state index in [0.717, 1.165) is 11.1 Å². The van der Waals surface area contributed by atoms with Gasteiger partial charge in [-0.3, -0.25) is 0 Å². The van der Waals surface area contributed by atoms with Crippen molar-refractivity contribution in [2.75, 3.05) is 7.11 Å². The Hall–Kier alpha value is -4.19. The zero-order chi connectivity index (χ0) is 21.8. The molecule has 4 rings (SSSR count). The maximum atomic E-state index is 12.3. The molecular formula is C25H19NO5. The Bertz CT molecular complexity index is 1190. The minimum absolute atomic E-state index is 0.173. The van der Waals surface area contributed by atoms with E-state index in [9.17, 15) is 9.59 Å². The molecule has 154 valence electrons. The summed E-state index contributed by atoms with van der Waals surface area (Å²) in [5.74, 6) is -0.133. The Morgan fingerprint density at radius 3 is 2.42 bits per heavy atom. The molecule has 3 aromatic rings. The Balaban J connectivity index is 1.57. The minimum atomic E-state index is -0.533. The van der Waals surface area contributed by atoms with E-state index >= 15 is 0 Å². The van der Waals surface area contributed by atoms with E-state index < -0.39 is 11.9 Å². The Kier molecular flexibility index (Phi) is 5.62. The Morgan fingerprint density at radius 2 is 1.71 bits per heavy atom. The fraction of sp³-hybridized carbons (Fsp3) is 0.0800. The van der Waals surface area contributed by atoms with Crippen LogP contribution >= 0.6 is 0 Å². The monoisotopic (exact) mass is 413 g/mol. The molecule has 0 N–H and O–H groups in total. The second-order valence-electron chi connectivity index (χ2n) is 6.87. The molecule has 0 aromatic heterocycles. The second kappa shape index (κ2) is 8.67. The standard InChI is InChI=1S/C25H19NO5/c1-16-8-11-18(12-9-16)23-26-20(25(28)31-23)14-17-10-13-21(22(15-17)29-2)30-24(27)19-6-4-3-5-7-19/h3-15H,1-2H3/b20-14-. The van der Waals surface area contributed by atoms with Gasteiger partial charge in [0.25, 0.3) is 0 Å². The fourth-order valence-corrected chi connectivity index (χ4v) is 2.98. The molecule has 0 bridgehead atoms. The van der Waals surface area contributed by atoms with Crippen LogP contribution in [0.15, 0.2) is 83.5 Å². The second-order valence-corrected chi connectivity index (χ2v) is 6.87. The topological polar surface area (TPSA) is 74.2 Å². The molecule has 0 unspecified atom stereocenters. The van der Waals surface area contributed by atoms with E-state index in [0.29, 0.717) is 16.9 Å². The number of hydrogen-bond acceptors (Lipinski definition) is 6. The third-order valence-corrected chi connectivity index (χ3v) is 4.62. The highest BCUT2D eigenvalue weighted by atomic mass is 16.6. The zero-order valence-corrected chi connectivity index (χ0v) is 17.0. The third kappa shape index (κ3) is 4.53. The van der Waals surface area contributed by atoms with E-state index in [-0.39, 0.29) is 17.3 Å². The molecule has 0 radical (unpaired) electrons. The van der Waals surface area contributed by atoms with Crippen molar-refractivity contribution in [2.45, 2.75) is 6.92 Å². The molecule has 1 aliphatic heterocycles. The molecule has 0 saturated carbocycles. The maximum Gasteiger partial charge on any atom is 0.363 e. The van der Waals surface area contributed by atoms with Crippen LogP contribution in [0.5, 0.6) is 11.5 Å². The molecule has 0 fully saturated rings. The molecule has 0 atom stereocenters. The highest BCUT2D eigenvalue weighted by molar-refractivity contribution is 6.12. The van der Waals surface area contributed by atoms with Crippen molar-refractivity contribution in [3.63, 3.8) is 0 Å². The summed E-state index contributed by atoms with van der Waals surface area (Å²) in [7, 11) is 1.48. The fourth-order valence-electron chi connectivity index (χ4n) is 2.98. The maximum absolute atomic E-state index is 12.3. The smallest absolute Gasteiger partial charge is 0.363 e. The molecule has 3 aromatic carbocycles. The van der Waals surface area contributed by atoms with Crippen LogP contribution in [0.25, 0.3) is 6.08 Å². The lowest BCUT2D eigenvalue weighted by Crippen LogP contribution is -2.09. The first-order valence-corrected chi connectivity index (χ1v) is 9.58. The number of esters is 2. The van der Waals surface area contributed by atoms with Crippen LogP contribution in [0.3, 0.4) is 0 Å². The van der Waals surface area contributed by atoms with Gasteiger partial charge in [0.15, 0.2) is 17.2 Å². The number of carbonyl (C=O) groups is 2. The van der Waals surface area contributed by atoms with Crippen LogP contribution < -0.4 is 9.47 Å². The number of nitrogens with zero attached hydrogens (tertiary/aromatic N) is 1. The van der Waals surface area contributed by atoms with E-state index in [1.54, 1.807) is 48.5 Å². The van der Waals surface area contributed by atoms with Crippen LogP contribution in [0.1, 0.15) is 27.0 Å². The number of rotatable bonds is 5.